The maximum absolute atomic E-state index is 9.87. The van der Waals surface area contributed by atoms with Crippen LogP contribution in [0.1, 0.15) is 40.0 Å². The monoisotopic (exact) mass is 289 g/mol. The summed E-state index contributed by atoms with van der Waals surface area (Å²) in [5, 5.41) is 13.3. The number of rotatable bonds is 9. The van der Waals surface area contributed by atoms with E-state index in [1.807, 2.05) is 0 Å². The summed E-state index contributed by atoms with van der Waals surface area (Å²) in [6.45, 7) is 8.61. The Morgan fingerprint density at radius 3 is 2.58 bits per heavy atom. The molecule has 1 fully saturated rings. The van der Waals surface area contributed by atoms with Gasteiger partial charge in [0.25, 0.3) is 0 Å². The summed E-state index contributed by atoms with van der Waals surface area (Å²) >= 11 is 2.06. The van der Waals surface area contributed by atoms with E-state index in [1.54, 1.807) is 0 Å². The van der Waals surface area contributed by atoms with E-state index in [1.165, 1.54) is 24.3 Å². The van der Waals surface area contributed by atoms with Crippen molar-refractivity contribution in [3.8, 4) is 0 Å². The SMILES string of the molecule is CC(C)CC(C)OCC(O)CNCC1CCSCC1. The number of ether oxygens (including phenoxy) is 1. The van der Waals surface area contributed by atoms with E-state index in [9.17, 15) is 5.11 Å². The Kier molecular flexibility index (Phi) is 9.12. The topological polar surface area (TPSA) is 41.5 Å². The molecule has 0 aromatic heterocycles. The summed E-state index contributed by atoms with van der Waals surface area (Å²) in [5.41, 5.74) is 0. The van der Waals surface area contributed by atoms with Crippen LogP contribution in [0.5, 0.6) is 0 Å². The molecule has 0 aromatic carbocycles. The van der Waals surface area contributed by atoms with Gasteiger partial charge in [-0.15, -0.1) is 0 Å². The first-order chi connectivity index (χ1) is 9.08. The van der Waals surface area contributed by atoms with Crippen molar-refractivity contribution in [2.75, 3.05) is 31.2 Å². The lowest BCUT2D eigenvalue weighted by Gasteiger charge is -2.23. The molecule has 19 heavy (non-hydrogen) atoms. The fraction of sp³-hybridized carbons (Fsp3) is 1.00. The molecule has 0 amide bonds. The van der Waals surface area contributed by atoms with Crippen LogP contribution in [-0.4, -0.2) is 48.5 Å². The van der Waals surface area contributed by atoms with Crippen molar-refractivity contribution in [2.24, 2.45) is 11.8 Å². The van der Waals surface area contributed by atoms with E-state index in [-0.39, 0.29) is 12.2 Å². The molecule has 1 aliphatic heterocycles. The van der Waals surface area contributed by atoms with Gasteiger partial charge in [0, 0.05) is 6.54 Å². The maximum atomic E-state index is 9.87. The molecule has 1 aliphatic rings. The second-order valence-corrected chi connectivity index (χ2v) is 7.37. The predicted octanol–water partition coefficient (Wildman–Crippen LogP) is 2.53. The van der Waals surface area contributed by atoms with Crippen molar-refractivity contribution < 1.29 is 9.84 Å². The number of aliphatic hydroxyl groups excluding tert-OH is 1. The van der Waals surface area contributed by atoms with Crippen molar-refractivity contribution in [1.82, 2.24) is 5.32 Å². The fourth-order valence-corrected chi connectivity index (χ4v) is 3.67. The average molecular weight is 289 g/mol. The summed E-state index contributed by atoms with van der Waals surface area (Å²) in [7, 11) is 0. The molecule has 1 saturated heterocycles. The molecule has 114 valence electrons. The van der Waals surface area contributed by atoms with Crippen LogP contribution in [0.3, 0.4) is 0 Å². The molecule has 2 N–H and O–H groups in total. The van der Waals surface area contributed by atoms with Crippen LogP contribution in [-0.2, 0) is 4.74 Å². The normalized spacial score (nSPS) is 20.7. The smallest absolute Gasteiger partial charge is 0.0897 e. The first-order valence-electron chi connectivity index (χ1n) is 7.66. The molecule has 2 atom stereocenters. The molecule has 0 aromatic rings. The van der Waals surface area contributed by atoms with Crippen LogP contribution in [0, 0.1) is 11.8 Å². The van der Waals surface area contributed by atoms with Crippen LogP contribution < -0.4 is 5.32 Å². The third-order valence-corrected chi connectivity index (χ3v) is 4.58. The lowest BCUT2D eigenvalue weighted by Crippen LogP contribution is -2.35. The number of thioether (sulfide) groups is 1. The Morgan fingerprint density at radius 1 is 1.26 bits per heavy atom. The highest BCUT2D eigenvalue weighted by atomic mass is 32.2. The summed E-state index contributed by atoms with van der Waals surface area (Å²) in [6.07, 6.45) is 3.54. The number of hydrogen-bond donors (Lipinski definition) is 2. The van der Waals surface area contributed by atoms with Gasteiger partial charge in [0.2, 0.25) is 0 Å². The van der Waals surface area contributed by atoms with Crippen molar-refractivity contribution in [2.45, 2.75) is 52.2 Å². The molecule has 0 spiro atoms. The largest absolute Gasteiger partial charge is 0.389 e. The Hall–Kier alpha value is 0.230. The summed E-state index contributed by atoms with van der Waals surface area (Å²) < 4.78 is 5.66. The van der Waals surface area contributed by atoms with E-state index in [4.69, 9.17) is 4.74 Å². The van der Waals surface area contributed by atoms with Gasteiger partial charge in [-0.25, -0.2) is 0 Å². The standard InChI is InChI=1S/C15H31NO2S/c1-12(2)8-13(3)18-11-15(17)10-16-9-14-4-6-19-7-5-14/h12-17H,4-11H2,1-3H3. The average Bonchev–Trinajstić information content (AvgIpc) is 2.37. The van der Waals surface area contributed by atoms with Crippen LogP contribution in [0.25, 0.3) is 0 Å². The lowest BCUT2D eigenvalue weighted by molar-refractivity contribution is -0.00870. The molecular weight excluding hydrogens is 258 g/mol. The highest BCUT2D eigenvalue weighted by Crippen LogP contribution is 2.21. The van der Waals surface area contributed by atoms with E-state index in [0.29, 0.717) is 19.1 Å². The number of aliphatic hydroxyl groups is 1. The number of hydrogen-bond acceptors (Lipinski definition) is 4. The summed E-state index contributed by atoms with van der Waals surface area (Å²) in [6, 6.07) is 0. The molecule has 0 radical (unpaired) electrons. The molecule has 2 unspecified atom stereocenters. The summed E-state index contributed by atoms with van der Waals surface area (Å²) in [4.78, 5) is 0. The molecular formula is C15H31NO2S. The second-order valence-electron chi connectivity index (χ2n) is 6.14. The minimum absolute atomic E-state index is 0.241. The Morgan fingerprint density at radius 2 is 1.95 bits per heavy atom. The Balaban J connectivity index is 1.99. The van der Waals surface area contributed by atoms with Crippen molar-refractivity contribution >= 4 is 11.8 Å². The van der Waals surface area contributed by atoms with Gasteiger partial charge < -0.3 is 15.2 Å². The first kappa shape index (κ1) is 17.3. The molecule has 1 heterocycles. The zero-order chi connectivity index (χ0) is 14.1. The molecule has 1 rings (SSSR count). The highest BCUT2D eigenvalue weighted by Gasteiger charge is 2.14. The lowest BCUT2D eigenvalue weighted by atomic mass is 10.0. The minimum atomic E-state index is -0.382. The van der Waals surface area contributed by atoms with Gasteiger partial charge >= 0.3 is 0 Å². The predicted molar refractivity (Wildman–Crippen MR) is 83.8 cm³/mol. The zero-order valence-electron chi connectivity index (χ0n) is 12.7. The second kappa shape index (κ2) is 10.0. The quantitative estimate of drug-likeness (QED) is 0.684. The van der Waals surface area contributed by atoms with E-state index in [0.717, 1.165) is 18.9 Å². The van der Waals surface area contributed by atoms with Gasteiger partial charge in [0.05, 0.1) is 18.8 Å². The van der Waals surface area contributed by atoms with E-state index in [2.05, 4.69) is 37.8 Å². The third-order valence-electron chi connectivity index (χ3n) is 3.53. The van der Waals surface area contributed by atoms with E-state index >= 15 is 0 Å². The molecule has 0 bridgehead atoms. The van der Waals surface area contributed by atoms with Crippen molar-refractivity contribution in [3.63, 3.8) is 0 Å². The van der Waals surface area contributed by atoms with Crippen LogP contribution in [0.2, 0.25) is 0 Å². The van der Waals surface area contributed by atoms with Gasteiger partial charge in [-0.3, -0.25) is 0 Å². The maximum Gasteiger partial charge on any atom is 0.0897 e. The molecule has 0 saturated carbocycles. The molecule has 4 heteroatoms. The first-order valence-corrected chi connectivity index (χ1v) is 8.81. The number of nitrogens with one attached hydrogen (secondary N) is 1. The van der Waals surface area contributed by atoms with Gasteiger partial charge in [-0.05, 0) is 56.1 Å². The zero-order valence-corrected chi connectivity index (χ0v) is 13.5. The van der Waals surface area contributed by atoms with Crippen LogP contribution in [0.15, 0.2) is 0 Å². The van der Waals surface area contributed by atoms with Crippen molar-refractivity contribution in [1.29, 1.82) is 0 Å². The van der Waals surface area contributed by atoms with Crippen LogP contribution in [0.4, 0.5) is 0 Å². The Labute approximate surface area is 122 Å². The van der Waals surface area contributed by atoms with Gasteiger partial charge in [-0.2, -0.15) is 11.8 Å². The molecule has 3 nitrogen and oxygen atoms in total. The van der Waals surface area contributed by atoms with Gasteiger partial charge in [0.15, 0.2) is 0 Å². The Bertz CT molecular complexity index is 220. The van der Waals surface area contributed by atoms with Gasteiger partial charge in [0.1, 0.15) is 0 Å². The van der Waals surface area contributed by atoms with Gasteiger partial charge in [-0.1, -0.05) is 13.8 Å². The minimum Gasteiger partial charge on any atom is -0.389 e. The van der Waals surface area contributed by atoms with E-state index < -0.39 is 0 Å². The van der Waals surface area contributed by atoms with Crippen molar-refractivity contribution in [3.05, 3.63) is 0 Å². The third kappa shape index (κ3) is 8.90. The summed E-state index contributed by atoms with van der Waals surface area (Å²) in [5.74, 6) is 4.04. The van der Waals surface area contributed by atoms with Crippen LogP contribution >= 0.6 is 11.8 Å². The highest BCUT2D eigenvalue weighted by molar-refractivity contribution is 7.99. The fourth-order valence-electron chi connectivity index (χ4n) is 2.47. The molecule has 0 aliphatic carbocycles.